The standard InChI is InChI=1S/C18H20N4/c1-13-5-2-8-16(20-13)17-9-4-10-22(17)12-15-7-3-6-14-11-19-21-18(14)15/h2-3,5-8,11,17H,4,9-10,12H2,1H3,(H,19,21). The molecule has 4 rings (SSSR count). The minimum atomic E-state index is 0.429. The highest BCUT2D eigenvalue weighted by atomic mass is 15.2. The molecule has 3 aromatic rings. The predicted octanol–water partition coefficient (Wildman–Crippen LogP) is 3.60. The number of nitrogens with zero attached hydrogens (tertiary/aromatic N) is 3. The van der Waals surface area contributed by atoms with E-state index in [1.165, 1.54) is 29.5 Å². The summed E-state index contributed by atoms with van der Waals surface area (Å²) in [7, 11) is 0. The molecule has 1 aliphatic rings. The van der Waals surface area contributed by atoms with Gasteiger partial charge < -0.3 is 0 Å². The van der Waals surface area contributed by atoms with Crippen LogP contribution in [0.3, 0.4) is 0 Å². The number of hydrogen-bond acceptors (Lipinski definition) is 3. The average Bonchev–Trinajstić information content (AvgIpc) is 3.16. The summed E-state index contributed by atoms with van der Waals surface area (Å²) in [5, 5.41) is 8.49. The Bertz CT molecular complexity index is 792. The van der Waals surface area contributed by atoms with Crippen LogP contribution in [0, 0.1) is 6.92 Å². The van der Waals surface area contributed by atoms with Crippen molar-refractivity contribution in [1.82, 2.24) is 20.1 Å². The number of nitrogens with one attached hydrogen (secondary N) is 1. The molecule has 1 aliphatic heterocycles. The van der Waals surface area contributed by atoms with Crippen molar-refractivity contribution in [1.29, 1.82) is 0 Å². The molecule has 0 amide bonds. The van der Waals surface area contributed by atoms with Gasteiger partial charge in [0.05, 0.1) is 23.4 Å². The first-order chi connectivity index (χ1) is 10.8. The molecule has 22 heavy (non-hydrogen) atoms. The lowest BCUT2D eigenvalue weighted by molar-refractivity contribution is 0.245. The second kappa shape index (κ2) is 5.54. The summed E-state index contributed by atoms with van der Waals surface area (Å²) in [6.45, 7) is 4.14. The molecule has 0 saturated carbocycles. The van der Waals surface area contributed by atoms with E-state index in [1.807, 2.05) is 6.20 Å². The van der Waals surface area contributed by atoms with Gasteiger partial charge in [0, 0.05) is 17.6 Å². The highest BCUT2D eigenvalue weighted by Crippen LogP contribution is 2.33. The monoisotopic (exact) mass is 292 g/mol. The van der Waals surface area contributed by atoms with Crippen LogP contribution in [0.15, 0.2) is 42.6 Å². The molecule has 4 heteroatoms. The van der Waals surface area contributed by atoms with Crippen LogP contribution in [-0.4, -0.2) is 26.6 Å². The molecule has 1 aromatic carbocycles. The number of rotatable bonds is 3. The van der Waals surface area contributed by atoms with Gasteiger partial charge in [-0.3, -0.25) is 15.0 Å². The van der Waals surface area contributed by atoms with Crippen LogP contribution in [0.2, 0.25) is 0 Å². The minimum Gasteiger partial charge on any atom is -0.290 e. The van der Waals surface area contributed by atoms with Gasteiger partial charge in [0.15, 0.2) is 0 Å². The summed E-state index contributed by atoms with van der Waals surface area (Å²) in [5.41, 5.74) is 4.77. The molecule has 2 aromatic heterocycles. The SMILES string of the molecule is Cc1cccc(C2CCCN2Cc2cccc3cn[nH]c23)n1. The number of pyridine rings is 1. The number of hydrogen-bond donors (Lipinski definition) is 1. The van der Waals surface area contributed by atoms with E-state index in [-0.39, 0.29) is 0 Å². The number of benzene rings is 1. The minimum absolute atomic E-state index is 0.429. The smallest absolute Gasteiger partial charge is 0.0695 e. The third-order valence-electron chi connectivity index (χ3n) is 4.55. The van der Waals surface area contributed by atoms with Crippen molar-refractivity contribution in [3.63, 3.8) is 0 Å². The van der Waals surface area contributed by atoms with Crippen molar-refractivity contribution in [2.24, 2.45) is 0 Å². The number of aromatic nitrogens is 3. The third-order valence-corrected chi connectivity index (χ3v) is 4.55. The van der Waals surface area contributed by atoms with E-state index in [0.29, 0.717) is 6.04 Å². The van der Waals surface area contributed by atoms with Crippen LogP contribution in [0.1, 0.15) is 35.8 Å². The molecule has 112 valence electrons. The number of likely N-dealkylation sites (tertiary alicyclic amines) is 1. The van der Waals surface area contributed by atoms with Crippen LogP contribution in [-0.2, 0) is 6.54 Å². The van der Waals surface area contributed by atoms with E-state index < -0.39 is 0 Å². The van der Waals surface area contributed by atoms with E-state index in [1.54, 1.807) is 0 Å². The van der Waals surface area contributed by atoms with Gasteiger partial charge in [0.1, 0.15) is 0 Å². The highest BCUT2D eigenvalue weighted by molar-refractivity contribution is 5.81. The van der Waals surface area contributed by atoms with E-state index in [9.17, 15) is 0 Å². The predicted molar refractivity (Wildman–Crippen MR) is 87.5 cm³/mol. The number of fused-ring (bicyclic) bond motifs is 1. The Morgan fingerprint density at radius 1 is 1.23 bits per heavy atom. The molecule has 1 N–H and O–H groups in total. The maximum Gasteiger partial charge on any atom is 0.0695 e. The van der Waals surface area contributed by atoms with E-state index in [2.05, 4.69) is 58.4 Å². The van der Waals surface area contributed by atoms with Crippen molar-refractivity contribution in [3.05, 3.63) is 59.5 Å². The topological polar surface area (TPSA) is 44.8 Å². The van der Waals surface area contributed by atoms with E-state index in [0.717, 1.165) is 24.3 Å². The fraction of sp³-hybridized carbons (Fsp3) is 0.333. The fourth-order valence-corrected chi connectivity index (χ4v) is 3.48. The molecule has 0 spiro atoms. The van der Waals surface area contributed by atoms with Crippen LogP contribution >= 0.6 is 0 Å². The zero-order chi connectivity index (χ0) is 14.9. The lowest BCUT2D eigenvalue weighted by atomic mass is 10.1. The molecule has 0 bridgehead atoms. The summed E-state index contributed by atoms with van der Waals surface area (Å²) in [4.78, 5) is 7.28. The van der Waals surface area contributed by atoms with Gasteiger partial charge in [-0.05, 0) is 44.0 Å². The van der Waals surface area contributed by atoms with Crippen molar-refractivity contribution in [3.8, 4) is 0 Å². The van der Waals surface area contributed by atoms with Crippen molar-refractivity contribution < 1.29 is 0 Å². The molecule has 1 fully saturated rings. The summed E-state index contributed by atoms with van der Waals surface area (Å²) in [5.74, 6) is 0. The first-order valence-electron chi connectivity index (χ1n) is 7.90. The van der Waals surface area contributed by atoms with Gasteiger partial charge in [0.25, 0.3) is 0 Å². The Balaban J connectivity index is 1.63. The highest BCUT2D eigenvalue weighted by Gasteiger charge is 2.27. The molecule has 0 aliphatic carbocycles. The molecule has 1 atom stereocenters. The van der Waals surface area contributed by atoms with E-state index >= 15 is 0 Å². The van der Waals surface area contributed by atoms with Crippen molar-refractivity contribution >= 4 is 10.9 Å². The summed E-state index contributed by atoms with van der Waals surface area (Å²) < 4.78 is 0. The Hall–Kier alpha value is -2.20. The van der Waals surface area contributed by atoms with E-state index in [4.69, 9.17) is 4.98 Å². The van der Waals surface area contributed by atoms with Gasteiger partial charge in [-0.15, -0.1) is 0 Å². The maximum atomic E-state index is 4.74. The summed E-state index contributed by atoms with van der Waals surface area (Å²) in [6, 6.07) is 13.2. The number of H-pyrrole nitrogens is 1. The first kappa shape index (κ1) is 13.5. The third kappa shape index (κ3) is 2.40. The lowest BCUT2D eigenvalue weighted by Gasteiger charge is -2.24. The number of para-hydroxylation sites is 1. The molecule has 1 saturated heterocycles. The quantitative estimate of drug-likeness (QED) is 0.802. The van der Waals surface area contributed by atoms with Crippen LogP contribution in [0.25, 0.3) is 10.9 Å². The van der Waals surface area contributed by atoms with Crippen molar-refractivity contribution in [2.75, 3.05) is 6.54 Å². The summed E-state index contributed by atoms with van der Waals surface area (Å²) in [6.07, 6.45) is 4.32. The normalized spacial score (nSPS) is 19.0. The zero-order valence-electron chi connectivity index (χ0n) is 12.8. The number of aryl methyl sites for hydroxylation is 1. The Morgan fingerprint density at radius 2 is 2.14 bits per heavy atom. The first-order valence-corrected chi connectivity index (χ1v) is 7.90. The van der Waals surface area contributed by atoms with Gasteiger partial charge in [-0.2, -0.15) is 5.10 Å². The maximum absolute atomic E-state index is 4.74. The second-order valence-corrected chi connectivity index (χ2v) is 6.08. The molecular formula is C18H20N4. The van der Waals surface area contributed by atoms with Crippen LogP contribution in [0.5, 0.6) is 0 Å². The Kier molecular flexibility index (Phi) is 3.39. The molecule has 3 heterocycles. The van der Waals surface area contributed by atoms with Gasteiger partial charge >= 0.3 is 0 Å². The van der Waals surface area contributed by atoms with Crippen molar-refractivity contribution in [2.45, 2.75) is 32.4 Å². The fourth-order valence-electron chi connectivity index (χ4n) is 3.48. The molecule has 0 radical (unpaired) electrons. The Morgan fingerprint density at radius 3 is 3.05 bits per heavy atom. The van der Waals surface area contributed by atoms with Crippen LogP contribution in [0.4, 0.5) is 0 Å². The van der Waals surface area contributed by atoms with Gasteiger partial charge in [-0.1, -0.05) is 24.3 Å². The molecule has 4 nitrogen and oxygen atoms in total. The second-order valence-electron chi connectivity index (χ2n) is 6.08. The zero-order valence-corrected chi connectivity index (χ0v) is 12.8. The average molecular weight is 292 g/mol. The number of aromatic amines is 1. The van der Waals surface area contributed by atoms with Gasteiger partial charge in [0.2, 0.25) is 0 Å². The van der Waals surface area contributed by atoms with Gasteiger partial charge in [-0.25, -0.2) is 0 Å². The largest absolute Gasteiger partial charge is 0.290 e. The molecular weight excluding hydrogens is 272 g/mol. The summed E-state index contributed by atoms with van der Waals surface area (Å²) >= 11 is 0. The van der Waals surface area contributed by atoms with Crippen LogP contribution < -0.4 is 0 Å². The lowest BCUT2D eigenvalue weighted by Crippen LogP contribution is -2.23. The molecule has 1 unspecified atom stereocenters. The Labute approximate surface area is 130 Å².